The van der Waals surface area contributed by atoms with Crippen LogP contribution in [0.15, 0.2) is 0 Å². The second-order valence-electron chi connectivity index (χ2n) is 7.68. The van der Waals surface area contributed by atoms with Crippen LogP contribution < -0.4 is 0 Å². The van der Waals surface area contributed by atoms with Crippen LogP contribution >= 0.6 is 0 Å². The maximum atomic E-state index is 13.2. The van der Waals surface area contributed by atoms with Crippen molar-refractivity contribution in [3.8, 4) is 0 Å². The van der Waals surface area contributed by atoms with Crippen molar-refractivity contribution in [3.05, 3.63) is 0 Å². The lowest BCUT2D eigenvalue weighted by atomic mass is 9.95. The van der Waals surface area contributed by atoms with Crippen LogP contribution in [-0.2, 0) is 9.53 Å². The van der Waals surface area contributed by atoms with Crippen molar-refractivity contribution in [3.63, 3.8) is 0 Å². The number of likely N-dealkylation sites (tertiary alicyclic amines) is 2. The molecule has 1 saturated carbocycles. The summed E-state index contributed by atoms with van der Waals surface area (Å²) in [5, 5.41) is 0. The molecule has 0 bridgehead atoms. The van der Waals surface area contributed by atoms with Crippen LogP contribution in [0, 0.1) is 5.92 Å². The molecule has 0 aromatic rings. The Balaban J connectivity index is 1.55. The largest absolute Gasteiger partial charge is 0.385 e. The van der Waals surface area contributed by atoms with Gasteiger partial charge in [0.15, 0.2) is 0 Å². The number of hydrogen-bond donors (Lipinski definition) is 0. The number of ether oxygens (including phenoxy) is 1. The highest BCUT2D eigenvalue weighted by molar-refractivity contribution is 5.82. The van der Waals surface area contributed by atoms with Gasteiger partial charge in [-0.15, -0.1) is 0 Å². The zero-order chi connectivity index (χ0) is 16.1. The smallest absolute Gasteiger partial charge is 0.240 e. The summed E-state index contributed by atoms with van der Waals surface area (Å²) in [4.78, 5) is 17.9. The Morgan fingerprint density at radius 1 is 1.00 bits per heavy atom. The number of unbranched alkanes of at least 4 members (excludes halogenated alkanes) is 1. The second kappa shape index (κ2) is 8.48. The summed E-state index contributed by atoms with van der Waals surface area (Å²) in [5.41, 5.74) is 0. The molecule has 0 spiro atoms. The third kappa shape index (κ3) is 4.08. The van der Waals surface area contributed by atoms with Crippen molar-refractivity contribution in [1.29, 1.82) is 0 Å². The van der Waals surface area contributed by atoms with E-state index in [-0.39, 0.29) is 6.04 Å². The van der Waals surface area contributed by atoms with Crippen molar-refractivity contribution in [2.75, 3.05) is 33.4 Å². The lowest BCUT2D eigenvalue weighted by Crippen LogP contribution is -2.49. The van der Waals surface area contributed by atoms with E-state index in [4.69, 9.17) is 4.74 Å². The maximum Gasteiger partial charge on any atom is 0.240 e. The van der Waals surface area contributed by atoms with Gasteiger partial charge in [0.1, 0.15) is 0 Å². The van der Waals surface area contributed by atoms with Gasteiger partial charge in [-0.2, -0.15) is 0 Å². The lowest BCUT2D eigenvalue weighted by Gasteiger charge is -2.34. The first-order valence-corrected chi connectivity index (χ1v) is 9.84. The molecule has 1 aliphatic carbocycles. The van der Waals surface area contributed by atoms with Crippen LogP contribution in [0.1, 0.15) is 64.2 Å². The standard InChI is InChI=1S/C19H34N2O2/c1-23-15-5-4-12-20-13-6-11-18(20)19(22)21-14-7-10-17(21)16-8-2-3-9-16/h16-18H,2-15H2,1H3/t17?,18-/m0/s1. The molecule has 3 rings (SSSR count). The Morgan fingerprint density at radius 3 is 2.57 bits per heavy atom. The van der Waals surface area contributed by atoms with E-state index in [1.54, 1.807) is 7.11 Å². The minimum Gasteiger partial charge on any atom is -0.385 e. The van der Waals surface area contributed by atoms with E-state index in [0.29, 0.717) is 11.9 Å². The molecule has 2 atom stereocenters. The minimum atomic E-state index is 0.166. The number of methoxy groups -OCH3 is 1. The molecule has 3 fully saturated rings. The summed E-state index contributed by atoms with van der Waals surface area (Å²) in [5.74, 6) is 1.24. The monoisotopic (exact) mass is 322 g/mol. The first-order chi connectivity index (χ1) is 11.3. The zero-order valence-corrected chi connectivity index (χ0v) is 14.8. The van der Waals surface area contributed by atoms with Crippen LogP contribution in [0.25, 0.3) is 0 Å². The van der Waals surface area contributed by atoms with E-state index in [9.17, 15) is 4.79 Å². The normalized spacial score (nSPS) is 29.7. The maximum absolute atomic E-state index is 13.2. The SMILES string of the molecule is COCCCCN1CCC[C@H]1C(=O)N1CCCC1C1CCCC1. The van der Waals surface area contributed by atoms with Crippen LogP contribution in [-0.4, -0.2) is 61.1 Å². The minimum absolute atomic E-state index is 0.166. The highest BCUT2D eigenvalue weighted by Gasteiger charge is 2.40. The zero-order valence-electron chi connectivity index (χ0n) is 14.8. The second-order valence-corrected chi connectivity index (χ2v) is 7.68. The van der Waals surface area contributed by atoms with Gasteiger partial charge in [-0.3, -0.25) is 9.69 Å². The molecule has 2 aliphatic heterocycles. The molecule has 4 nitrogen and oxygen atoms in total. The molecule has 23 heavy (non-hydrogen) atoms. The number of carbonyl (C=O) groups excluding carboxylic acids is 1. The quantitative estimate of drug-likeness (QED) is 0.675. The molecule has 0 N–H and O–H groups in total. The summed E-state index contributed by atoms with van der Waals surface area (Å²) >= 11 is 0. The van der Waals surface area contributed by atoms with Gasteiger partial charge in [0.05, 0.1) is 6.04 Å². The van der Waals surface area contributed by atoms with Crippen molar-refractivity contribution in [2.45, 2.75) is 76.3 Å². The fourth-order valence-corrected chi connectivity index (χ4v) is 5.02. The molecule has 1 amide bonds. The molecule has 2 heterocycles. The predicted molar refractivity (Wildman–Crippen MR) is 92.4 cm³/mol. The summed E-state index contributed by atoms with van der Waals surface area (Å²) < 4.78 is 5.14. The van der Waals surface area contributed by atoms with E-state index in [1.807, 2.05) is 0 Å². The number of amides is 1. The molecular formula is C19H34N2O2. The fraction of sp³-hybridized carbons (Fsp3) is 0.947. The van der Waals surface area contributed by atoms with Gasteiger partial charge in [0.2, 0.25) is 5.91 Å². The van der Waals surface area contributed by atoms with Gasteiger partial charge in [-0.05, 0) is 70.4 Å². The van der Waals surface area contributed by atoms with E-state index >= 15 is 0 Å². The van der Waals surface area contributed by atoms with Crippen molar-refractivity contribution in [1.82, 2.24) is 9.80 Å². The van der Waals surface area contributed by atoms with E-state index in [0.717, 1.165) is 51.4 Å². The van der Waals surface area contributed by atoms with Gasteiger partial charge in [0.25, 0.3) is 0 Å². The van der Waals surface area contributed by atoms with Gasteiger partial charge >= 0.3 is 0 Å². The number of nitrogens with zero attached hydrogens (tertiary/aromatic N) is 2. The average Bonchev–Trinajstić information content (AvgIpc) is 3.31. The molecule has 3 aliphatic rings. The van der Waals surface area contributed by atoms with Gasteiger partial charge in [-0.1, -0.05) is 12.8 Å². The third-order valence-corrected chi connectivity index (χ3v) is 6.22. The van der Waals surface area contributed by atoms with Gasteiger partial charge < -0.3 is 9.64 Å². The lowest BCUT2D eigenvalue weighted by molar-refractivity contribution is -0.137. The highest BCUT2D eigenvalue weighted by atomic mass is 16.5. The van der Waals surface area contributed by atoms with Crippen LogP contribution in [0.5, 0.6) is 0 Å². The summed E-state index contributed by atoms with van der Waals surface area (Å²) in [6.07, 6.45) is 12.4. The van der Waals surface area contributed by atoms with E-state index in [2.05, 4.69) is 9.80 Å². The number of carbonyl (C=O) groups is 1. The number of hydrogen-bond acceptors (Lipinski definition) is 3. The van der Waals surface area contributed by atoms with Crippen molar-refractivity contribution < 1.29 is 9.53 Å². The van der Waals surface area contributed by atoms with Crippen molar-refractivity contribution >= 4 is 5.91 Å². The molecule has 1 unspecified atom stereocenters. The molecule has 0 aromatic heterocycles. The Hall–Kier alpha value is -0.610. The first-order valence-electron chi connectivity index (χ1n) is 9.84. The highest BCUT2D eigenvalue weighted by Crippen LogP contribution is 2.36. The summed E-state index contributed by atoms with van der Waals surface area (Å²) in [7, 11) is 1.76. The van der Waals surface area contributed by atoms with Crippen LogP contribution in [0.2, 0.25) is 0 Å². The van der Waals surface area contributed by atoms with E-state index < -0.39 is 0 Å². The van der Waals surface area contributed by atoms with Crippen LogP contribution in [0.4, 0.5) is 0 Å². The van der Waals surface area contributed by atoms with Gasteiger partial charge in [0, 0.05) is 26.3 Å². The third-order valence-electron chi connectivity index (χ3n) is 6.22. The topological polar surface area (TPSA) is 32.8 Å². The summed E-state index contributed by atoms with van der Waals surface area (Å²) in [6, 6.07) is 0.723. The van der Waals surface area contributed by atoms with Crippen molar-refractivity contribution in [2.24, 2.45) is 5.92 Å². The number of rotatable bonds is 7. The van der Waals surface area contributed by atoms with Gasteiger partial charge in [-0.25, -0.2) is 0 Å². The Bertz CT molecular complexity index is 382. The Kier molecular flexibility index (Phi) is 6.35. The average molecular weight is 322 g/mol. The fourth-order valence-electron chi connectivity index (χ4n) is 5.02. The predicted octanol–water partition coefficient (Wildman–Crippen LogP) is 3.06. The Morgan fingerprint density at radius 2 is 1.78 bits per heavy atom. The van der Waals surface area contributed by atoms with E-state index in [1.165, 1.54) is 44.9 Å². The molecule has 132 valence electrons. The molecule has 4 heteroatoms. The summed E-state index contributed by atoms with van der Waals surface area (Å²) in [6.45, 7) is 4.00. The first kappa shape index (κ1) is 17.2. The van der Waals surface area contributed by atoms with Crippen LogP contribution in [0.3, 0.4) is 0 Å². The Labute approximate surface area is 141 Å². The molecular weight excluding hydrogens is 288 g/mol. The molecule has 0 radical (unpaired) electrons. The molecule has 0 aromatic carbocycles. The molecule has 2 saturated heterocycles.